The van der Waals surface area contributed by atoms with Crippen molar-refractivity contribution in [2.24, 2.45) is 5.92 Å². The quantitative estimate of drug-likeness (QED) is 0.469. The van der Waals surface area contributed by atoms with Gasteiger partial charge in [0.25, 0.3) is 0 Å². The number of aryl methyl sites for hydroxylation is 1. The summed E-state index contributed by atoms with van der Waals surface area (Å²) in [4.78, 5) is 0. The van der Waals surface area contributed by atoms with E-state index in [0.717, 1.165) is 23.0 Å². The molecule has 3 rings (SSSR count). The Kier molecular flexibility index (Phi) is 7.58. The molecule has 0 amide bonds. The summed E-state index contributed by atoms with van der Waals surface area (Å²) in [5.41, 5.74) is 5.15. The third kappa shape index (κ3) is 6.00. The number of rotatable bonds is 6. The molecule has 0 N–H and O–H groups in total. The van der Waals surface area contributed by atoms with E-state index in [1.54, 1.807) is 0 Å². The van der Waals surface area contributed by atoms with Crippen LogP contribution in [0.5, 0.6) is 0 Å². The van der Waals surface area contributed by atoms with Crippen LogP contribution in [0.3, 0.4) is 0 Å². The zero-order chi connectivity index (χ0) is 18.9. The normalized spacial score (nSPS) is 19.3. The fraction of sp³-hybridized carbons (Fsp3) is 0.481. The molecule has 2 aromatic rings. The average molecular weight is 359 g/mol. The van der Waals surface area contributed by atoms with Crippen LogP contribution >= 0.6 is 0 Å². The Morgan fingerprint density at radius 1 is 0.741 bits per heavy atom. The first-order valence-electron chi connectivity index (χ1n) is 11.0. The van der Waals surface area contributed by atoms with E-state index in [4.69, 9.17) is 0 Å². The van der Waals surface area contributed by atoms with Crippen LogP contribution in [0.1, 0.15) is 93.4 Å². The lowest BCUT2D eigenvalue weighted by Gasteiger charge is -2.28. The molecule has 1 saturated carbocycles. The van der Waals surface area contributed by atoms with E-state index in [0.29, 0.717) is 0 Å². The number of hydrogen-bond donors (Lipinski definition) is 0. The van der Waals surface area contributed by atoms with Crippen molar-refractivity contribution in [2.75, 3.05) is 0 Å². The second-order valence-corrected chi connectivity index (χ2v) is 8.18. The molecule has 0 aliphatic heterocycles. The second-order valence-electron chi connectivity index (χ2n) is 8.18. The van der Waals surface area contributed by atoms with Crippen molar-refractivity contribution in [2.45, 2.75) is 77.6 Å². The highest BCUT2D eigenvalue weighted by Crippen LogP contribution is 2.37. The van der Waals surface area contributed by atoms with Gasteiger partial charge in [-0.05, 0) is 85.8 Å². The van der Waals surface area contributed by atoms with E-state index in [1.807, 2.05) is 0 Å². The van der Waals surface area contributed by atoms with Crippen LogP contribution in [0.25, 0.3) is 0 Å². The molecule has 0 saturated heterocycles. The predicted octanol–water partition coefficient (Wildman–Crippen LogP) is 7.50. The van der Waals surface area contributed by atoms with E-state index < -0.39 is 0 Å². The molecule has 0 radical (unpaired) electrons. The Bertz CT molecular complexity index is 731. The van der Waals surface area contributed by atoms with Crippen LogP contribution in [0.2, 0.25) is 0 Å². The molecule has 0 spiro atoms. The topological polar surface area (TPSA) is 0 Å². The number of hydrogen-bond acceptors (Lipinski definition) is 0. The van der Waals surface area contributed by atoms with E-state index in [-0.39, 0.29) is 0 Å². The average Bonchev–Trinajstić information content (AvgIpc) is 2.73. The SMILES string of the molecule is CCCCc1ccc(C#Cc2ccc(C3CCC(CCC)CC3)cc2)cc1. The Morgan fingerprint density at radius 2 is 1.33 bits per heavy atom. The second kappa shape index (κ2) is 10.4. The van der Waals surface area contributed by atoms with Crippen molar-refractivity contribution < 1.29 is 0 Å². The number of benzene rings is 2. The lowest BCUT2D eigenvalue weighted by Crippen LogP contribution is -2.13. The maximum absolute atomic E-state index is 3.33. The van der Waals surface area contributed by atoms with Crippen molar-refractivity contribution in [3.05, 3.63) is 70.8 Å². The zero-order valence-electron chi connectivity index (χ0n) is 17.1. The van der Waals surface area contributed by atoms with Gasteiger partial charge in [0.15, 0.2) is 0 Å². The first kappa shape index (κ1) is 19.8. The van der Waals surface area contributed by atoms with Gasteiger partial charge in [0.2, 0.25) is 0 Å². The van der Waals surface area contributed by atoms with Gasteiger partial charge in [-0.2, -0.15) is 0 Å². The molecule has 27 heavy (non-hydrogen) atoms. The highest BCUT2D eigenvalue weighted by Gasteiger charge is 2.21. The highest BCUT2D eigenvalue weighted by atomic mass is 14.3. The third-order valence-corrected chi connectivity index (χ3v) is 6.05. The molecule has 0 heterocycles. The molecule has 0 heteroatoms. The molecule has 1 aliphatic rings. The summed E-state index contributed by atoms with van der Waals surface area (Å²) in [6.07, 6.45) is 12.0. The van der Waals surface area contributed by atoms with Crippen molar-refractivity contribution in [1.29, 1.82) is 0 Å². The van der Waals surface area contributed by atoms with E-state index >= 15 is 0 Å². The minimum absolute atomic E-state index is 0.760. The van der Waals surface area contributed by atoms with Crippen molar-refractivity contribution in [1.82, 2.24) is 0 Å². The van der Waals surface area contributed by atoms with Gasteiger partial charge in [0.1, 0.15) is 0 Å². The highest BCUT2D eigenvalue weighted by molar-refractivity contribution is 5.44. The minimum Gasteiger partial charge on any atom is -0.0654 e. The maximum Gasteiger partial charge on any atom is 0.0249 e. The number of unbranched alkanes of at least 4 members (excludes halogenated alkanes) is 1. The largest absolute Gasteiger partial charge is 0.0654 e. The third-order valence-electron chi connectivity index (χ3n) is 6.05. The first-order valence-corrected chi connectivity index (χ1v) is 11.0. The zero-order valence-corrected chi connectivity index (χ0v) is 17.1. The van der Waals surface area contributed by atoms with Gasteiger partial charge in [-0.15, -0.1) is 0 Å². The van der Waals surface area contributed by atoms with E-state index in [2.05, 4.69) is 74.2 Å². The van der Waals surface area contributed by atoms with Crippen LogP contribution in [0, 0.1) is 17.8 Å². The van der Waals surface area contributed by atoms with Crippen LogP contribution in [-0.2, 0) is 6.42 Å². The summed E-state index contributed by atoms with van der Waals surface area (Å²) in [6.45, 7) is 4.55. The lowest BCUT2D eigenvalue weighted by atomic mass is 9.77. The van der Waals surface area contributed by atoms with Gasteiger partial charge in [-0.3, -0.25) is 0 Å². The van der Waals surface area contributed by atoms with E-state index in [1.165, 1.54) is 68.9 Å². The Balaban J connectivity index is 1.56. The molecule has 0 bridgehead atoms. The fourth-order valence-corrected chi connectivity index (χ4v) is 4.31. The monoisotopic (exact) mass is 358 g/mol. The van der Waals surface area contributed by atoms with Crippen LogP contribution in [0.15, 0.2) is 48.5 Å². The summed E-state index contributed by atoms with van der Waals surface area (Å²) in [5, 5.41) is 0. The van der Waals surface area contributed by atoms with Crippen LogP contribution in [-0.4, -0.2) is 0 Å². The maximum atomic E-state index is 3.33. The summed E-state index contributed by atoms with van der Waals surface area (Å²) in [7, 11) is 0. The molecule has 1 aliphatic carbocycles. The molecular formula is C27H34. The van der Waals surface area contributed by atoms with Gasteiger partial charge in [-0.1, -0.05) is 69.2 Å². The molecule has 0 aromatic heterocycles. The summed E-state index contributed by atoms with van der Waals surface area (Å²) in [5.74, 6) is 8.38. The van der Waals surface area contributed by atoms with Crippen molar-refractivity contribution >= 4 is 0 Å². The fourth-order valence-electron chi connectivity index (χ4n) is 4.31. The summed E-state index contributed by atoms with van der Waals surface area (Å²) < 4.78 is 0. The first-order chi connectivity index (χ1) is 13.3. The van der Waals surface area contributed by atoms with Gasteiger partial charge < -0.3 is 0 Å². The molecular weight excluding hydrogens is 324 g/mol. The predicted molar refractivity (Wildman–Crippen MR) is 117 cm³/mol. The molecule has 142 valence electrons. The molecule has 2 aromatic carbocycles. The van der Waals surface area contributed by atoms with Gasteiger partial charge in [-0.25, -0.2) is 0 Å². The van der Waals surface area contributed by atoms with Gasteiger partial charge >= 0.3 is 0 Å². The minimum atomic E-state index is 0.760. The molecule has 0 unspecified atom stereocenters. The molecule has 1 fully saturated rings. The Labute approximate surface area is 166 Å². The van der Waals surface area contributed by atoms with Crippen molar-refractivity contribution in [3.63, 3.8) is 0 Å². The molecule has 0 nitrogen and oxygen atoms in total. The molecule has 0 atom stereocenters. The van der Waals surface area contributed by atoms with Gasteiger partial charge in [0, 0.05) is 11.1 Å². The summed E-state index contributed by atoms with van der Waals surface area (Å²) in [6, 6.07) is 17.8. The Hall–Kier alpha value is -2.00. The van der Waals surface area contributed by atoms with Crippen LogP contribution in [0.4, 0.5) is 0 Å². The Morgan fingerprint density at radius 3 is 1.89 bits per heavy atom. The van der Waals surface area contributed by atoms with Gasteiger partial charge in [0.05, 0.1) is 0 Å². The smallest absolute Gasteiger partial charge is 0.0249 e. The lowest BCUT2D eigenvalue weighted by molar-refractivity contribution is 0.308. The van der Waals surface area contributed by atoms with E-state index in [9.17, 15) is 0 Å². The summed E-state index contributed by atoms with van der Waals surface area (Å²) >= 11 is 0. The standard InChI is InChI=1S/C27H34/c1-3-5-7-23-8-10-24(11-9-23)12-13-25-16-20-27(21-17-25)26-18-14-22(6-4-2)15-19-26/h8-11,16-17,20-22,26H,3-7,14-15,18-19H2,1-2H3. The van der Waals surface area contributed by atoms with Crippen LogP contribution < -0.4 is 0 Å². The van der Waals surface area contributed by atoms with Crippen molar-refractivity contribution in [3.8, 4) is 11.8 Å².